The summed E-state index contributed by atoms with van der Waals surface area (Å²) in [4.78, 5) is 0. The molecule has 2 aromatic rings. The molecule has 1 aromatic heterocycles. The first-order valence-electron chi connectivity index (χ1n) is 6.51. The second-order valence-corrected chi connectivity index (χ2v) is 6.22. The number of hydrogen-bond acceptors (Lipinski definition) is 2. The van der Waals surface area contributed by atoms with Gasteiger partial charge in [-0.15, -0.1) is 0 Å². The number of halogens is 3. The van der Waals surface area contributed by atoms with E-state index in [1.54, 1.807) is 11.3 Å². The lowest BCUT2D eigenvalue weighted by Gasteiger charge is -2.18. The molecule has 1 unspecified atom stereocenters. The van der Waals surface area contributed by atoms with E-state index >= 15 is 0 Å². The van der Waals surface area contributed by atoms with E-state index in [4.69, 9.17) is 0 Å². The minimum absolute atomic E-state index is 0.0699. The molecule has 0 aliphatic heterocycles. The molecule has 0 amide bonds. The van der Waals surface area contributed by atoms with E-state index in [9.17, 15) is 8.78 Å². The largest absolute Gasteiger partial charge is 0.310 e. The van der Waals surface area contributed by atoms with E-state index in [2.05, 4.69) is 28.2 Å². The fraction of sp³-hybridized carbons (Fsp3) is 0.333. The minimum Gasteiger partial charge on any atom is -0.310 e. The standard InChI is InChI=1S/C15H16BrF2NS/c1-2-6-19-14(10-5-7-20-9-10)8-11-13(17)4-3-12(16)15(11)18/h3-5,7,9,14,19H,2,6,8H2,1H3. The fourth-order valence-corrected chi connectivity index (χ4v) is 3.15. The molecule has 1 atom stereocenters. The van der Waals surface area contributed by atoms with Crippen LogP contribution in [0.25, 0.3) is 0 Å². The average molecular weight is 360 g/mol. The third-order valence-corrected chi connectivity index (χ3v) is 4.45. The van der Waals surface area contributed by atoms with Gasteiger partial charge < -0.3 is 5.32 Å². The number of thiophene rings is 1. The topological polar surface area (TPSA) is 12.0 Å². The molecule has 2 rings (SSSR count). The van der Waals surface area contributed by atoms with E-state index in [0.717, 1.165) is 18.5 Å². The number of nitrogens with one attached hydrogen (secondary N) is 1. The molecule has 1 heterocycles. The van der Waals surface area contributed by atoms with Crippen molar-refractivity contribution in [1.82, 2.24) is 5.32 Å². The van der Waals surface area contributed by atoms with Gasteiger partial charge in [0.25, 0.3) is 0 Å². The van der Waals surface area contributed by atoms with Crippen LogP contribution in [-0.2, 0) is 6.42 Å². The lowest BCUT2D eigenvalue weighted by molar-refractivity contribution is 0.489. The summed E-state index contributed by atoms with van der Waals surface area (Å²) < 4.78 is 28.2. The molecule has 0 saturated carbocycles. The molecule has 0 aliphatic carbocycles. The van der Waals surface area contributed by atoms with Crippen molar-refractivity contribution < 1.29 is 8.78 Å². The quantitative estimate of drug-likeness (QED) is 0.709. The molecule has 108 valence electrons. The van der Waals surface area contributed by atoms with Crippen LogP contribution in [0.3, 0.4) is 0 Å². The molecule has 1 N–H and O–H groups in total. The summed E-state index contributed by atoms with van der Waals surface area (Å²) >= 11 is 4.70. The Hall–Kier alpha value is -0.780. The van der Waals surface area contributed by atoms with E-state index in [1.807, 2.05) is 16.8 Å². The van der Waals surface area contributed by atoms with Gasteiger partial charge >= 0.3 is 0 Å². The van der Waals surface area contributed by atoms with Crippen molar-refractivity contribution in [2.45, 2.75) is 25.8 Å². The summed E-state index contributed by atoms with van der Waals surface area (Å²) in [7, 11) is 0. The Morgan fingerprint density at radius 2 is 2.10 bits per heavy atom. The Morgan fingerprint density at radius 1 is 1.30 bits per heavy atom. The maximum Gasteiger partial charge on any atom is 0.143 e. The first kappa shape index (κ1) is 15.6. The predicted molar refractivity (Wildman–Crippen MR) is 83.1 cm³/mol. The van der Waals surface area contributed by atoms with E-state index < -0.39 is 11.6 Å². The first-order valence-corrected chi connectivity index (χ1v) is 8.25. The fourth-order valence-electron chi connectivity index (χ4n) is 2.06. The van der Waals surface area contributed by atoms with Crippen LogP contribution in [0.5, 0.6) is 0 Å². The van der Waals surface area contributed by atoms with Gasteiger partial charge in [-0.05, 0) is 69.8 Å². The predicted octanol–water partition coefficient (Wildman–Crippen LogP) is 5.07. The highest BCUT2D eigenvalue weighted by Crippen LogP contribution is 2.27. The molecule has 0 spiro atoms. The van der Waals surface area contributed by atoms with Crippen molar-refractivity contribution in [3.05, 3.63) is 56.2 Å². The van der Waals surface area contributed by atoms with Gasteiger partial charge in [0.2, 0.25) is 0 Å². The zero-order chi connectivity index (χ0) is 14.5. The molecule has 0 fully saturated rings. The lowest BCUT2D eigenvalue weighted by Crippen LogP contribution is -2.24. The van der Waals surface area contributed by atoms with Gasteiger partial charge in [-0.2, -0.15) is 11.3 Å². The molecular formula is C15H16BrF2NS. The molecule has 0 aliphatic rings. The highest BCUT2D eigenvalue weighted by atomic mass is 79.9. The molecule has 1 nitrogen and oxygen atoms in total. The second-order valence-electron chi connectivity index (χ2n) is 4.59. The summed E-state index contributed by atoms with van der Waals surface area (Å²) in [6.45, 7) is 2.88. The maximum atomic E-state index is 14.1. The molecule has 0 radical (unpaired) electrons. The highest BCUT2D eigenvalue weighted by Gasteiger charge is 2.19. The van der Waals surface area contributed by atoms with Gasteiger partial charge in [0.05, 0.1) is 4.47 Å². The van der Waals surface area contributed by atoms with Crippen LogP contribution in [0.2, 0.25) is 0 Å². The Bertz CT molecular complexity index is 557. The van der Waals surface area contributed by atoms with E-state index in [0.29, 0.717) is 10.9 Å². The Morgan fingerprint density at radius 3 is 2.75 bits per heavy atom. The summed E-state index contributed by atoms with van der Waals surface area (Å²) in [5.74, 6) is -1.01. The average Bonchev–Trinajstić information content (AvgIpc) is 2.96. The van der Waals surface area contributed by atoms with Crippen LogP contribution in [0, 0.1) is 11.6 Å². The van der Waals surface area contributed by atoms with Crippen molar-refractivity contribution in [3.63, 3.8) is 0 Å². The normalized spacial score (nSPS) is 12.6. The van der Waals surface area contributed by atoms with Crippen molar-refractivity contribution in [3.8, 4) is 0 Å². The summed E-state index contributed by atoms with van der Waals surface area (Å²) in [5, 5.41) is 7.34. The van der Waals surface area contributed by atoms with Crippen molar-refractivity contribution in [1.29, 1.82) is 0 Å². The first-order chi connectivity index (χ1) is 9.63. The van der Waals surface area contributed by atoms with E-state index in [-0.39, 0.29) is 11.6 Å². The number of rotatable bonds is 6. The second kappa shape index (κ2) is 7.29. The van der Waals surface area contributed by atoms with E-state index in [1.165, 1.54) is 12.1 Å². The third-order valence-electron chi connectivity index (χ3n) is 3.13. The van der Waals surface area contributed by atoms with Gasteiger partial charge in [0.15, 0.2) is 0 Å². The summed E-state index contributed by atoms with van der Waals surface area (Å²) in [5.41, 5.74) is 1.20. The third kappa shape index (κ3) is 3.65. The molecule has 1 aromatic carbocycles. The maximum absolute atomic E-state index is 14.1. The van der Waals surface area contributed by atoms with Crippen molar-refractivity contribution in [2.24, 2.45) is 0 Å². The molecule has 0 bridgehead atoms. The van der Waals surface area contributed by atoms with Crippen LogP contribution in [0.4, 0.5) is 8.78 Å². The zero-order valence-electron chi connectivity index (χ0n) is 11.1. The zero-order valence-corrected chi connectivity index (χ0v) is 13.5. The Balaban J connectivity index is 2.26. The monoisotopic (exact) mass is 359 g/mol. The molecule has 20 heavy (non-hydrogen) atoms. The molecule has 5 heteroatoms. The molecular weight excluding hydrogens is 344 g/mol. The highest BCUT2D eigenvalue weighted by molar-refractivity contribution is 9.10. The van der Waals surface area contributed by atoms with Crippen LogP contribution in [-0.4, -0.2) is 6.54 Å². The van der Waals surface area contributed by atoms with Gasteiger partial charge in [0, 0.05) is 11.6 Å². The number of hydrogen-bond donors (Lipinski definition) is 1. The van der Waals surface area contributed by atoms with Crippen LogP contribution in [0.15, 0.2) is 33.4 Å². The minimum atomic E-state index is -0.511. The Labute approximate surface area is 130 Å². The van der Waals surface area contributed by atoms with Gasteiger partial charge in [-0.1, -0.05) is 6.92 Å². The molecule has 0 saturated heterocycles. The van der Waals surface area contributed by atoms with Crippen molar-refractivity contribution >= 4 is 27.3 Å². The van der Waals surface area contributed by atoms with Gasteiger partial charge in [0.1, 0.15) is 11.6 Å². The van der Waals surface area contributed by atoms with Gasteiger partial charge in [-0.25, -0.2) is 8.78 Å². The van der Waals surface area contributed by atoms with Gasteiger partial charge in [-0.3, -0.25) is 0 Å². The van der Waals surface area contributed by atoms with Crippen LogP contribution in [0.1, 0.15) is 30.5 Å². The summed E-state index contributed by atoms with van der Waals surface area (Å²) in [6.07, 6.45) is 1.28. The SMILES string of the molecule is CCCNC(Cc1c(F)ccc(Br)c1F)c1ccsc1. The van der Waals surface area contributed by atoms with Crippen LogP contribution >= 0.6 is 27.3 Å². The lowest BCUT2D eigenvalue weighted by atomic mass is 10.00. The Kier molecular flexibility index (Phi) is 5.69. The van der Waals surface area contributed by atoms with Crippen molar-refractivity contribution in [2.75, 3.05) is 6.54 Å². The van der Waals surface area contributed by atoms with Crippen LogP contribution < -0.4 is 5.32 Å². The summed E-state index contributed by atoms with van der Waals surface area (Å²) in [6, 6.07) is 4.62. The smallest absolute Gasteiger partial charge is 0.143 e. The number of benzene rings is 1.